The molecule has 252 valence electrons. The minimum absolute atomic E-state index is 0.0318. The van der Waals surface area contributed by atoms with Crippen molar-refractivity contribution in [2.24, 2.45) is 0 Å². The molecule has 0 amide bonds. The topological polar surface area (TPSA) is 0 Å². The molecule has 0 fully saturated rings. The Kier molecular flexibility index (Phi) is 7.24. The van der Waals surface area contributed by atoms with Crippen LogP contribution in [-0.2, 0) is 10.8 Å². The van der Waals surface area contributed by atoms with E-state index in [9.17, 15) is 0 Å². The summed E-state index contributed by atoms with van der Waals surface area (Å²) in [5, 5.41) is 0. The maximum Gasteiger partial charge on any atom is 0.0713 e. The molecule has 0 nitrogen and oxygen atoms in total. The van der Waals surface area contributed by atoms with Crippen molar-refractivity contribution in [1.82, 2.24) is 0 Å². The second-order valence-corrected chi connectivity index (χ2v) is 15.2. The first-order valence-electron chi connectivity index (χ1n) is 18.8. The molecule has 0 saturated heterocycles. The molecule has 0 saturated carbocycles. The fraction of sp³-hybridized carbons (Fsp3) is 0.0943. The van der Waals surface area contributed by atoms with Gasteiger partial charge in [-0.3, -0.25) is 0 Å². The maximum atomic E-state index is 2.51. The summed E-state index contributed by atoms with van der Waals surface area (Å²) in [6, 6.07) is 74.8. The molecule has 0 aromatic heterocycles. The van der Waals surface area contributed by atoms with Crippen molar-refractivity contribution >= 4 is 0 Å². The predicted molar refractivity (Wildman–Crippen MR) is 221 cm³/mol. The van der Waals surface area contributed by atoms with Crippen LogP contribution in [0.15, 0.2) is 200 Å². The molecular formula is C53H40. The molecule has 0 heteroatoms. The molecule has 10 rings (SSSR count). The molecule has 1 atom stereocenters. The van der Waals surface area contributed by atoms with Crippen molar-refractivity contribution in [2.75, 3.05) is 0 Å². The van der Waals surface area contributed by atoms with Crippen molar-refractivity contribution in [3.8, 4) is 33.4 Å². The lowest BCUT2D eigenvalue weighted by atomic mass is 9.67. The van der Waals surface area contributed by atoms with Gasteiger partial charge in [0.05, 0.1) is 5.41 Å². The summed E-state index contributed by atoms with van der Waals surface area (Å²) in [7, 11) is 0. The lowest BCUT2D eigenvalue weighted by Gasteiger charge is -2.34. The van der Waals surface area contributed by atoms with Crippen LogP contribution in [0.2, 0.25) is 0 Å². The van der Waals surface area contributed by atoms with Gasteiger partial charge < -0.3 is 0 Å². The molecule has 0 bridgehead atoms. The molecule has 8 aromatic carbocycles. The van der Waals surface area contributed by atoms with Gasteiger partial charge in [0.1, 0.15) is 0 Å². The van der Waals surface area contributed by atoms with E-state index in [1.165, 1.54) is 83.5 Å². The summed E-state index contributed by atoms with van der Waals surface area (Å²) in [5.74, 6) is 0.0318. The second kappa shape index (κ2) is 12.2. The Morgan fingerprint density at radius 1 is 0.321 bits per heavy atom. The Bertz CT molecular complexity index is 2580. The molecule has 53 heavy (non-hydrogen) atoms. The lowest BCUT2D eigenvalue weighted by molar-refractivity contribution is 0.659. The minimum Gasteiger partial charge on any atom is -0.0622 e. The molecule has 0 radical (unpaired) electrons. The Balaban J connectivity index is 1.20. The highest BCUT2D eigenvalue weighted by Crippen LogP contribution is 2.56. The van der Waals surface area contributed by atoms with Crippen LogP contribution >= 0.6 is 0 Å². The molecule has 0 aliphatic heterocycles. The third-order valence-corrected chi connectivity index (χ3v) is 12.1. The number of fused-ring (bicyclic) bond motifs is 6. The van der Waals surface area contributed by atoms with Gasteiger partial charge in [-0.05, 0) is 83.5 Å². The van der Waals surface area contributed by atoms with Crippen molar-refractivity contribution in [1.29, 1.82) is 0 Å². The average Bonchev–Trinajstić information content (AvgIpc) is 3.65. The third-order valence-electron chi connectivity index (χ3n) is 12.1. The van der Waals surface area contributed by atoms with Gasteiger partial charge >= 0.3 is 0 Å². The molecule has 8 aromatic rings. The highest BCUT2D eigenvalue weighted by molar-refractivity contribution is 5.86. The zero-order chi connectivity index (χ0) is 35.6. The standard InChI is InChI=1S/C53H40/c1-52(2)47-25-12-9-22-43(47)46-33-32-40(35-50(46)52)51(38-30-28-37(29-31-38)36-16-5-3-6-17-36)39-18-15-21-42(34-39)53(41-19-7-4-8-20-41)48-26-13-10-23-44(48)45-24-11-14-27-49(45)53/h3-35,51H,1-2H3. The van der Waals surface area contributed by atoms with E-state index >= 15 is 0 Å². The van der Waals surface area contributed by atoms with Crippen LogP contribution in [0.1, 0.15) is 69.8 Å². The number of hydrogen-bond donors (Lipinski definition) is 0. The fourth-order valence-electron chi connectivity index (χ4n) is 9.64. The van der Waals surface area contributed by atoms with Gasteiger partial charge in [-0.2, -0.15) is 0 Å². The van der Waals surface area contributed by atoms with Crippen LogP contribution in [-0.4, -0.2) is 0 Å². The monoisotopic (exact) mass is 676 g/mol. The molecule has 2 aliphatic carbocycles. The minimum atomic E-state index is -0.451. The van der Waals surface area contributed by atoms with Crippen LogP contribution in [0.3, 0.4) is 0 Å². The summed E-state index contributed by atoms with van der Waals surface area (Å²) in [5.41, 5.74) is 19.2. The van der Waals surface area contributed by atoms with Crippen LogP contribution < -0.4 is 0 Å². The van der Waals surface area contributed by atoms with Crippen molar-refractivity contribution in [3.05, 3.63) is 250 Å². The molecule has 0 N–H and O–H groups in total. The van der Waals surface area contributed by atoms with Crippen molar-refractivity contribution in [3.63, 3.8) is 0 Å². The first-order chi connectivity index (χ1) is 26.0. The van der Waals surface area contributed by atoms with Crippen LogP contribution in [0.5, 0.6) is 0 Å². The Morgan fingerprint density at radius 2 is 0.792 bits per heavy atom. The van der Waals surface area contributed by atoms with Gasteiger partial charge in [0, 0.05) is 11.3 Å². The van der Waals surface area contributed by atoms with Crippen LogP contribution in [0, 0.1) is 0 Å². The molecule has 1 unspecified atom stereocenters. The summed E-state index contributed by atoms with van der Waals surface area (Å²) in [4.78, 5) is 0. The first-order valence-corrected chi connectivity index (χ1v) is 18.8. The average molecular weight is 677 g/mol. The summed E-state index contributed by atoms with van der Waals surface area (Å²) >= 11 is 0. The maximum absolute atomic E-state index is 2.51. The van der Waals surface area contributed by atoms with E-state index in [1.807, 2.05) is 0 Å². The Hall–Kier alpha value is -6.24. The number of rotatable bonds is 6. The van der Waals surface area contributed by atoms with E-state index in [-0.39, 0.29) is 11.3 Å². The van der Waals surface area contributed by atoms with Gasteiger partial charge in [0.25, 0.3) is 0 Å². The van der Waals surface area contributed by atoms with Gasteiger partial charge in [-0.1, -0.05) is 214 Å². The summed E-state index contributed by atoms with van der Waals surface area (Å²) in [6.45, 7) is 4.76. The second-order valence-electron chi connectivity index (χ2n) is 15.2. The van der Waals surface area contributed by atoms with Crippen molar-refractivity contribution < 1.29 is 0 Å². The van der Waals surface area contributed by atoms with Crippen LogP contribution in [0.25, 0.3) is 33.4 Å². The van der Waals surface area contributed by atoms with Gasteiger partial charge in [-0.25, -0.2) is 0 Å². The van der Waals surface area contributed by atoms with E-state index < -0.39 is 5.41 Å². The van der Waals surface area contributed by atoms with Crippen molar-refractivity contribution in [2.45, 2.75) is 30.6 Å². The fourth-order valence-corrected chi connectivity index (χ4v) is 9.64. The van der Waals surface area contributed by atoms with E-state index in [4.69, 9.17) is 0 Å². The molecular weight excluding hydrogens is 637 g/mol. The summed E-state index contributed by atoms with van der Waals surface area (Å²) in [6.07, 6.45) is 0. The lowest BCUT2D eigenvalue weighted by Crippen LogP contribution is -2.28. The highest BCUT2D eigenvalue weighted by atomic mass is 14.5. The normalized spacial score (nSPS) is 14.8. The zero-order valence-corrected chi connectivity index (χ0v) is 30.1. The number of hydrogen-bond acceptors (Lipinski definition) is 0. The predicted octanol–water partition coefficient (Wildman–Crippen LogP) is 13.2. The summed E-state index contributed by atoms with van der Waals surface area (Å²) < 4.78 is 0. The van der Waals surface area contributed by atoms with Gasteiger partial charge in [0.15, 0.2) is 0 Å². The Morgan fingerprint density at radius 3 is 1.45 bits per heavy atom. The van der Waals surface area contributed by atoms with Crippen LogP contribution in [0.4, 0.5) is 0 Å². The SMILES string of the molecule is CC1(C)c2ccccc2-c2ccc(C(c3ccc(-c4ccccc4)cc3)c3cccc(C4(c5ccccc5)c5ccccc5-c5ccccc54)c3)cc21. The zero-order valence-electron chi connectivity index (χ0n) is 30.1. The van der Waals surface area contributed by atoms with E-state index in [0.29, 0.717) is 0 Å². The first kappa shape index (κ1) is 31.5. The van der Waals surface area contributed by atoms with Gasteiger partial charge in [-0.15, -0.1) is 0 Å². The largest absolute Gasteiger partial charge is 0.0713 e. The van der Waals surface area contributed by atoms with Gasteiger partial charge in [0.2, 0.25) is 0 Å². The third kappa shape index (κ3) is 4.75. The molecule has 0 heterocycles. The number of benzene rings is 8. The smallest absolute Gasteiger partial charge is 0.0622 e. The van der Waals surface area contributed by atoms with E-state index in [2.05, 4.69) is 214 Å². The van der Waals surface area contributed by atoms with E-state index in [1.54, 1.807) is 0 Å². The molecule has 0 spiro atoms. The Labute approximate surface area is 313 Å². The molecule has 2 aliphatic rings. The quantitative estimate of drug-likeness (QED) is 0.154. The van der Waals surface area contributed by atoms with E-state index in [0.717, 1.165) is 0 Å². The highest BCUT2D eigenvalue weighted by Gasteiger charge is 2.46.